The van der Waals surface area contributed by atoms with Crippen molar-refractivity contribution in [2.24, 2.45) is 0 Å². The lowest BCUT2D eigenvalue weighted by molar-refractivity contribution is -0.140. The molecule has 2 aromatic rings. The zero-order chi connectivity index (χ0) is 16.3. The van der Waals surface area contributed by atoms with Crippen LogP contribution in [0.25, 0.3) is 0 Å². The number of nitrogens with zero attached hydrogens (tertiary/aromatic N) is 4. The van der Waals surface area contributed by atoms with Gasteiger partial charge in [-0.15, -0.1) is 0 Å². The first kappa shape index (κ1) is 15.7. The summed E-state index contributed by atoms with van der Waals surface area (Å²) in [6.07, 6.45) is 4.63. The number of carbonyl (C=O) groups excluding carboxylic acids is 1. The lowest BCUT2D eigenvalue weighted by Gasteiger charge is -2.10. The number of carbonyl (C=O) groups is 2. The van der Waals surface area contributed by atoms with Crippen molar-refractivity contribution in [1.82, 2.24) is 24.9 Å². The summed E-state index contributed by atoms with van der Waals surface area (Å²) in [6, 6.07) is 0.782. The van der Waals surface area contributed by atoms with Gasteiger partial charge in [0.1, 0.15) is 6.04 Å². The van der Waals surface area contributed by atoms with Crippen LogP contribution in [-0.2, 0) is 11.3 Å². The molecule has 0 fully saturated rings. The second-order valence-electron chi connectivity index (χ2n) is 5.01. The standard InChI is InChI=1S/C14H19N5O3/c1-4-18-6-5-12(17-18)9(2)16-13(20)11-7-15-19(8-11)10(3)14(21)22/h5-10H,4H2,1-3H3,(H,16,20)(H,21,22). The Bertz CT molecular complexity index is 676. The average molecular weight is 305 g/mol. The van der Waals surface area contributed by atoms with E-state index in [4.69, 9.17) is 5.11 Å². The Morgan fingerprint density at radius 1 is 1.41 bits per heavy atom. The third-order valence-corrected chi connectivity index (χ3v) is 3.39. The monoisotopic (exact) mass is 305 g/mol. The predicted octanol–water partition coefficient (Wildman–Crippen LogP) is 1.24. The van der Waals surface area contributed by atoms with E-state index in [1.807, 2.05) is 26.1 Å². The van der Waals surface area contributed by atoms with Crippen LogP contribution in [0, 0.1) is 0 Å². The second kappa shape index (κ2) is 6.42. The van der Waals surface area contributed by atoms with Gasteiger partial charge in [-0.3, -0.25) is 14.2 Å². The fraction of sp³-hybridized carbons (Fsp3) is 0.429. The van der Waals surface area contributed by atoms with Gasteiger partial charge >= 0.3 is 5.97 Å². The molecule has 22 heavy (non-hydrogen) atoms. The summed E-state index contributed by atoms with van der Waals surface area (Å²) in [7, 11) is 0. The Hall–Kier alpha value is -2.64. The largest absolute Gasteiger partial charge is 0.480 e. The fourth-order valence-electron chi connectivity index (χ4n) is 1.92. The number of aromatic nitrogens is 4. The van der Waals surface area contributed by atoms with Crippen molar-refractivity contribution in [2.75, 3.05) is 0 Å². The topological polar surface area (TPSA) is 102 Å². The molecule has 2 unspecified atom stereocenters. The average Bonchev–Trinajstić information content (AvgIpc) is 3.15. The van der Waals surface area contributed by atoms with Crippen molar-refractivity contribution < 1.29 is 14.7 Å². The van der Waals surface area contributed by atoms with E-state index in [1.54, 1.807) is 4.68 Å². The van der Waals surface area contributed by atoms with Gasteiger partial charge in [0, 0.05) is 18.9 Å². The highest BCUT2D eigenvalue weighted by Gasteiger charge is 2.18. The van der Waals surface area contributed by atoms with Gasteiger partial charge in [0.25, 0.3) is 5.91 Å². The molecule has 1 amide bonds. The Morgan fingerprint density at radius 2 is 2.14 bits per heavy atom. The Kier molecular flexibility index (Phi) is 4.59. The summed E-state index contributed by atoms with van der Waals surface area (Å²) in [6.45, 7) is 6.08. The molecule has 0 aliphatic carbocycles. The number of hydrogen-bond donors (Lipinski definition) is 2. The van der Waals surface area contributed by atoms with Crippen LogP contribution in [-0.4, -0.2) is 36.5 Å². The van der Waals surface area contributed by atoms with E-state index in [1.165, 1.54) is 24.0 Å². The number of carboxylic acids is 1. The lowest BCUT2D eigenvalue weighted by Crippen LogP contribution is -2.26. The van der Waals surface area contributed by atoms with Crippen LogP contribution < -0.4 is 5.32 Å². The minimum Gasteiger partial charge on any atom is -0.480 e. The van der Waals surface area contributed by atoms with Gasteiger partial charge in [-0.2, -0.15) is 10.2 Å². The molecule has 2 heterocycles. The molecule has 8 heteroatoms. The van der Waals surface area contributed by atoms with E-state index in [0.717, 1.165) is 12.2 Å². The molecular weight excluding hydrogens is 286 g/mol. The highest BCUT2D eigenvalue weighted by atomic mass is 16.4. The van der Waals surface area contributed by atoms with Crippen molar-refractivity contribution in [1.29, 1.82) is 0 Å². The number of aryl methyl sites for hydroxylation is 1. The molecule has 2 aromatic heterocycles. The Balaban J connectivity index is 2.04. The third-order valence-electron chi connectivity index (χ3n) is 3.39. The number of hydrogen-bond acceptors (Lipinski definition) is 4. The molecule has 0 aliphatic rings. The SMILES string of the molecule is CCn1ccc(C(C)NC(=O)c2cnn(C(C)C(=O)O)c2)n1. The van der Waals surface area contributed by atoms with Gasteiger partial charge in [0.15, 0.2) is 0 Å². The number of rotatable bonds is 6. The normalized spacial score (nSPS) is 13.6. The van der Waals surface area contributed by atoms with Gasteiger partial charge in [-0.1, -0.05) is 0 Å². The van der Waals surface area contributed by atoms with E-state index in [9.17, 15) is 9.59 Å². The zero-order valence-corrected chi connectivity index (χ0v) is 12.7. The van der Waals surface area contributed by atoms with Gasteiger partial charge < -0.3 is 10.4 Å². The van der Waals surface area contributed by atoms with Crippen LogP contribution in [0.4, 0.5) is 0 Å². The van der Waals surface area contributed by atoms with E-state index in [-0.39, 0.29) is 11.9 Å². The molecule has 0 spiro atoms. The lowest BCUT2D eigenvalue weighted by atomic mass is 10.2. The quantitative estimate of drug-likeness (QED) is 0.836. The number of carboxylic acid groups (broad SMARTS) is 1. The summed E-state index contributed by atoms with van der Waals surface area (Å²) in [5, 5.41) is 20.0. The molecule has 118 valence electrons. The molecule has 0 bridgehead atoms. The first-order chi connectivity index (χ1) is 10.4. The summed E-state index contributed by atoms with van der Waals surface area (Å²) in [4.78, 5) is 23.1. The van der Waals surface area contributed by atoms with Gasteiger partial charge in [0.2, 0.25) is 0 Å². The van der Waals surface area contributed by atoms with E-state index in [0.29, 0.717) is 5.56 Å². The molecule has 0 saturated heterocycles. The van der Waals surface area contributed by atoms with Crippen LogP contribution in [0.2, 0.25) is 0 Å². The second-order valence-corrected chi connectivity index (χ2v) is 5.01. The molecule has 2 N–H and O–H groups in total. The zero-order valence-electron chi connectivity index (χ0n) is 12.7. The fourth-order valence-corrected chi connectivity index (χ4v) is 1.92. The smallest absolute Gasteiger partial charge is 0.328 e. The molecule has 2 atom stereocenters. The van der Waals surface area contributed by atoms with E-state index >= 15 is 0 Å². The first-order valence-corrected chi connectivity index (χ1v) is 7.03. The van der Waals surface area contributed by atoms with E-state index in [2.05, 4.69) is 15.5 Å². The van der Waals surface area contributed by atoms with Gasteiger partial charge in [-0.25, -0.2) is 4.79 Å². The number of aliphatic carboxylic acids is 1. The summed E-state index contributed by atoms with van der Waals surface area (Å²) < 4.78 is 3.03. The maximum Gasteiger partial charge on any atom is 0.328 e. The van der Waals surface area contributed by atoms with Gasteiger partial charge in [0.05, 0.1) is 23.5 Å². The van der Waals surface area contributed by atoms with Gasteiger partial charge in [-0.05, 0) is 26.8 Å². The molecule has 0 radical (unpaired) electrons. The van der Waals surface area contributed by atoms with Crippen LogP contribution in [0.15, 0.2) is 24.7 Å². The highest BCUT2D eigenvalue weighted by molar-refractivity contribution is 5.94. The summed E-state index contributed by atoms with van der Waals surface area (Å²) in [5.41, 5.74) is 1.08. The van der Waals surface area contributed by atoms with Crippen LogP contribution in [0.5, 0.6) is 0 Å². The molecule has 8 nitrogen and oxygen atoms in total. The van der Waals surface area contributed by atoms with Crippen molar-refractivity contribution in [3.05, 3.63) is 35.9 Å². The Morgan fingerprint density at radius 3 is 2.73 bits per heavy atom. The summed E-state index contributed by atoms with van der Waals surface area (Å²) >= 11 is 0. The van der Waals surface area contributed by atoms with Crippen molar-refractivity contribution in [2.45, 2.75) is 39.4 Å². The Labute approximate surface area is 127 Å². The van der Waals surface area contributed by atoms with E-state index < -0.39 is 12.0 Å². The first-order valence-electron chi connectivity index (χ1n) is 7.03. The van der Waals surface area contributed by atoms with Crippen molar-refractivity contribution >= 4 is 11.9 Å². The minimum atomic E-state index is -1.01. The predicted molar refractivity (Wildman–Crippen MR) is 78.4 cm³/mol. The van der Waals surface area contributed by atoms with Crippen LogP contribution in [0.3, 0.4) is 0 Å². The molecule has 0 saturated carbocycles. The summed E-state index contributed by atoms with van der Waals surface area (Å²) in [5.74, 6) is -1.32. The van der Waals surface area contributed by atoms with Crippen LogP contribution >= 0.6 is 0 Å². The molecule has 0 aromatic carbocycles. The number of amides is 1. The molecular formula is C14H19N5O3. The third kappa shape index (κ3) is 3.33. The van der Waals surface area contributed by atoms with Crippen LogP contribution in [0.1, 0.15) is 48.9 Å². The highest BCUT2D eigenvalue weighted by Crippen LogP contribution is 2.12. The van der Waals surface area contributed by atoms with Crippen molar-refractivity contribution in [3.8, 4) is 0 Å². The number of nitrogens with one attached hydrogen (secondary N) is 1. The minimum absolute atomic E-state index is 0.249. The maximum atomic E-state index is 12.2. The molecule has 0 aliphatic heterocycles. The molecule has 2 rings (SSSR count). The maximum absolute atomic E-state index is 12.2. The van der Waals surface area contributed by atoms with Crippen molar-refractivity contribution in [3.63, 3.8) is 0 Å².